The summed E-state index contributed by atoms with van der Waals surface area (Å²) in [4.78, 5) is 13.6. The number of aliphatic hydroxyl groups is 1. The first-order valence-corrected chi connectivity index (χ1v) is 7.59. The summed E-state index contributed by atoms with van der Waals surface area (Å²) in [6.45, 7) is 0.791. The molecule has 2 heterocycles. The summed E-state index contributed by atoms with van der Waals surface area (Å²) in [6, 6.07) is 8.33. The number of nitrogens with zero attached hydrogens (tertiary/aromatic N) is 1. The molecule has 3 rings (SSSR count). The molecule has 5 heteroatoms. The van der Waals surface area contributed by atoms with Crippen molar-refractivity contribution in [1.82, 2.24) is 0 Å². The number of hydrogen-bond donors (Lipinski definition) is 1. The molecule has 0 spiro atoms. The quantitative estimate of drug-likeness (QED) is 0.749. The summed E-state index contributed by atoms with van der Waals surface area (Å²) in [5, 5.41) is 12.4. The summed E-state index contributed by atoms with van der Waals surface area (Å²) in [7, 11) is 1.98. The van der Waals surface area contributed by atoms with Gasteiger partial charge in [-0.2, -0.15) is 0 Å². The van der Waals surface area contributed by atoms with Crippen molar-refractivity contribution in [2.24, 2.45) is 0 Å². The van der Waals surface area contributed by atoms with Gasteiger partial charge in [-0.1, -0.05) is 0 Å². The van der Waals surface area contributed by atoms with Crippen LogP contribution in [0.3, 0.4) is 0 Å². The number of likely N-dealkylation sites (N-methyl/N-ethyl adjacent to an activating group) is 1. The fourth-order valence-corrected chi connectivity index (χ4v) is 4.13. The average molecular weight is 291 g/mol. The van der Waals surface area contributed by atoms with E-state index >= 15 is 0 Å². The minimum Gasteiger partial charge on any atom is -0.395 e. The predicted molar refractivity (Wildman–Crippen MR) is 83.0 cm³/mol. The van der Waals surface area contributed by atoms with E-state index in [1.54, 1.807) is 11.3 Å². The van der Waals surface area contributed by atoms with Crippen molar-refractivity contribution in [3.63, 3.8) is 0 Å². The Morgan fingerprint density at radius 2 is 1.89 bits per heavy atom. The van der Waals surface area contributed by atoms with Crippen LogP contribution in [0.1, 0.15) is 9.67 Å². The lowest BCUT2D eigenvalue weighted by atomic mass is 10.2. The number of rotatable bonds is 4. The van der Waals surface area contributed by atoms with E-state index < -0.39 is 0 Å². The fraction of sp³-hybridized carbons (Fsp3) is 0.214. The number of carbonyl (C=O) groups is 1. The Hall–Kier alpha value is -1.43. The van der Waals surface area contributed by atoms with Gasteiger partial charge in [0.05, 0.1) is 16.5 Å². The minimum absolute atomic E-state index is 0.155. The molecule has 0 radical (unpaired) electrons. The van der Waals surface area contributed by atoms with Crippen molar-refractivity contribution in [3.05, 3.63) is 29.1 Å². The first kappa shape index (κ1) is 12.6. The lowest BCUT2D eigenvalue weighted by Gasteiger charge is -2.14. The Labute approximate surface area is 118 Å². The molecule has 98 valence electrons. The highest BCUT2D eigenvalue weighted by atomic mass is 32.1. The van der Waals surface area contributed by atoms with Crippen molar-refractivity contribution in [1.29, 1.82) is 0 Å². The highest BCUT2D eigenvalue weighted by Gasteiger charge is 2.09. The predicted octanol–water partition coefficient (Wildman–Crippen LogP) is 3.36. The van der Waals surface area contributed by atoms with Crippen LogP contribution in [0.2, 0.25) is 0 Å². The van der Waals surface area contributed by atoms with Gasteiger partial charge in [0.1, 0.15) is 0 Å². The SMILES string of the molecule is CN(CCO)c1cc2cc3cc(C=O)sc3cc2s1. The number of aldehydes is 1. The molecule has 0 saturated heterocycles. The van der Waals surface area contributed by atoms with Gasteiger partial charge in [-0.3, -0.25) is 4.79 Å². The summed E-state index contributed by atoms with van der Waals surface area (Å²) in [5.74, 6) is 0. The van der Waals surface area contributed by atoms with E-state index in [4.69, 9.17) is 5.11 Å². The second kappa shape index (κ2) is 4.92. The Morgan fingerprint density at radius 3 is 2.63 bits per heavy atom. The van der Waals surface area contributed by atoms with Gasteiger partial charge in [-0.05, 0) is 35.0 Å². The fourth-order valence-electron chi connectivity index (χ4n) is 2.09. The molecule has 0 atom stereocenters. The zero-order chi connectivity index (χ0) is 13.4. The highest BCUT2D eigenvalue weighted by Crippen LogP contribution is 2.36. The standard InChI is InChI=1S/C14H13NO2S2/c1-15(2-3-16)14-6-10-4-9-5-11(8-17)18-12(9)7-13(10)19-14/h4-8,16H,2-3H2,1H3. The van der Waals surface area contributed by atoms with Crippen LogP contribution >= 0.6 is 22.7 Å². The molecule has 0 aliphatic rings. The Balaban J connectivity index is 2.10. The van der Waals surface area contributed by atoms with Gasteiger partial charge in [0.2, 0.25) is 0 Å². The number of carbonyl (C=O) groups excluding carboxylic acids is 1. The lowest BCUT2D eigenvalue weighted by Crippen LogP contribution is -2.19. The molecule has 19 heavy (non-hydrogen) atoms. The van der Waals surface area contributed by atoms with Gasteiger partial charge in [-0.15, -0.1) is 22.7 Å². The molecule has 3 nitrogen and oxygen atoms in total. The molecule has 0 fully saturated rings. The van der Waals surface area contributed by atoms with Gasteiger partial charge in [-0.25, -0.2) is 0 Å². The average Bonchev–Trinajstić information content (AvgIpc) is 2.97. The normalized spacial score (nSPS) is 11.3. The van der Waals surface area contributed by atoms with Crippen LogP contribution in [0.25, 0.3) is 20.2 Å². The second-order valence-electron chi connectivity index (χ2n) is 4.42. The van der Waals surface area contributed by atoms with Crippen molar-refractivity contribution < 1.29 is 9.90 Å². The van der Waals surface area contributed by atoms with Gasteiger partial charge < -0.3 is 10.0 Å². The summed E-state index contributed by atoms with van der Waals surface area (Å²) in [5.41, 5.74) is 0. The van der Waals surface area contributed by atoms with Crippen LogP contribution in [0.4, 0.5) is 5.00 Å². The molecule has 0 aliphatic heterocycles. The molecule has 3 aromatic rings. The lowest BCUT2D eigenvalue weighted by molar-refractivity contribution is 0.112. The largest absolute Gasteiger partial charge is 0.395 e. The highest BCUT2D eigenvalue weighted by molar-refractivity contribution is 7.24. The molecule has 1 aromatic carbocycles. The molecule has 0 bridgehead atoms. The summed E-state index contributed by atoms with van der Waals surface area (Å²) < 4.78 is 2.36. The van der Waals surface area contributed by atoms with Crippen LogP contribution in [-0.2, 0) is 0 Å². The first-order chi connectivity index (χ1) is 9.21. The molecule has 0 saturated carbocycles. The molecule has 0 unspecified atom stereocenters. The minimum atomic E-state index is 0.155. The Bertz CT molecular complexity index is 693. The van der Waals surface area contributed by atoms with Crippen molar-refractivity contribution in [2.75, 3.05) is 25.1 Å². The number of aliphatic hydroxyl groups excluding tert-OH is 1. The van der Waals surface area contributed by atoms with Crippen molar-refractivity contribution >= 4 is 54.1 Å². The van der Waals surface area contributed by atoms with Crippen LogP contribution in [0.5, 0.6) is 0 Å². The molecule has 0 amide bonds. The maximum absolute atomic E-state index is 10.8. The maximum Gasteiger partial charge on any atom is 0.160 e. The van der Waals surface area contributed by atoms with E-state index in [1.807, 2.05) is 13.1 Å². The molecular weight excluding hydrogens is 278 g/mol. The van der Waals surface area contributed by atoms with Crippen LogP contribution in [0, 0.1) is 0 Å². The van der Waals surface area contributed by atoms with E-state index in [-0.39, 0.29) is 6.61 Å². The maximum atomic E-state index is 10.8. The number of anilines is 1. The zero-order valence-electron chi connectivity index (χ0n) is 10.4. The monoisotopic (exact) mass is 291 g/mol. The van der Waals surface area contributed by atoms with Gasteiger partial charge in [0.15, 0.2) is 6.29 Å². The topological polar surface area (TPSA) is 40.5 Å². The molecular formula is C14H13NO2S2. The van der Waals surface area contributed by atoms with Gasteiger partial charge in [0, 0.05) is 23.0 Å². The van der Waals surface area contributed by atoms with E-state index in [0.29, 0.717) is 6.54 Å². The third-order valence-corrected chi connectivity index (χ3v) is 5.32. The third-order valence-electron chi connectivity index (χ3n) is 3.09. The molecule has 0 aliphatic carbocycles. The zero-order valence-corrected chi connectivity index (χ0v) is 12.1. The number of benzene rings is 1. The third kappa shape index (κ3) is 2.25. The first-order valence-electron chi connectivity index (χ1n) is 5.95. The van der Waals surface area contributed by atoms with Crippen LogP contribution < -0.4 is 4.90 Å². The van der Waals surface area contributed by atoms with E-state index in [1.165, 1.54) is 21.4 Å². The Kier molecular flexibility index (Phi) is 3.26. The summed E-state index contributed by atoms with van der Waals surface area (Å²) in [6.07, 6.45) is 0.902. The van der Waals surface area contributed by atoms with Crippen molar-refractivity contribution in [2.45, 2.75) is 0 Å². The number of hydrogen-bond acceptors (Lipinski definition) is 5. The Morgan fingerprint density at radius 1 is 1.16 bits per heavy atom. The van der Waals surface area contributed by atoms with Crippen LogP contribution in [-0.4, -0.2) is 31.6 Å². The summed E-state index contributed by atoms with van der Waals surface area (Å²) >= 11 is 3.24. The number of thiophene rings is 2. The van der Waals surface area contributed by atoms with E-state index in [0.717, 1.165) is 26.3 Å². The smallest absolute Gasteiger partial charge is 0.160 e. The number of fused-ring (bicyclic) bond motifs is 2. The van der Waals surface area contributed by atoms with E-state index in [9.17, 15) is 4.79 Å². The molecule has 2 aromatic heterocycles. The van der Waals surface area contributed by atoms with E-state index in [2.05, 4.69) is 23.1 Å². The van der Waals surface area contributed by atoms with Crippen LogP contribution in [0.15, 0.2) is 24.3 Å². The van der Waals surface area contributed by atoms with Crippen molar-refractivity contribution in [3.8, 4) is 0 Å². The second-order valence-corrected chi connectivity index (χ2v) is 6.60. The van der Waals surface area contributed by atoms with Gasteiger partial charge in [0.25, 0.3) is 0 Å². The molecule has 1 N–H and O–H groups in total. The van der Waals surface area contributed by atoms with Gasteiger partial charge >= 0.3 is 0 Å².